The van der Waals surface area contributed by atoms with E-state index in [1.807, 2.05) is 30.3 Å². The number of benzene rings is 2. The van der Waals surface area contributed by atoms with Gasteiger partial charge in [-0.25, -0.2) is 13.1 Å². The Labute approximate surface area is 154 Å². The molecule has 0 radical (unpaired) electrons. The second kappa shape index (κ2) is 8.62. The van der Waals surface area contributed by atoms with E-state index in [0.717, 1.165) is 5.56 Å². The lowest BCUT2D eigenvalue weighted by Crippen LogP contribution is -2.35. The SMILES string of the molecule is O=C(Cc1ccccc1)NCCNS(=O)(=O)c1ccc(Br)cc1Cl. The van der Waals surface area contributed by atoms with E-state index >= 15 is 0 Å². The standard InChI is InChI=1S/C16H16BrClN2O3S/c17-13-6-7-15(14(18)11-13)24(22,23)20-9-8-19-16(21)10-12-4-2-1-3-5-12/h1-7,11,20H,8-10H2,(H,19,21). The molecule has 0 saturated heterocycles. The van der Waals surface area contributed by atoms with Crippen LogP contribution < -0.4 is 10.0 Å². The maximum absolute atomic E-state index is 12.2. The molecule has 0 unspecified atom stereocenters. The molecule has 0 aliphatic rings. The fourth-order valence-corrected chi connectivity index (χ4v) is 4.07. The van der Waals surface area contributed by atoms with E-state index in [0.29, 0.717) is 4.47 Å². The molecule has 0 bridgehead atoms. The van der Waals surface area contributed by atoms with Crippen molar-refractivity contribution >= 4 is 43.5 Å². The molecule has 2 rings (SSSR count). The Hall–Kier alpha value is -1.41. The predicted octanol–water partition coefficient (Wildman–Crippen LogP) is 2.74. The Morgan fingerprint density at radius 3 is 2.46 bits per heavy atom. The maximum Gasteiger partial charge on any atom is 0.242 e. The molecule has 128 valence electrons. The fraction of sp³-hybridized carbons (Fsp3) is 0.188. The molecule has 0 spiro atoms. The lowest BCUT2D eigenvalue weighted by Gasteiger charge is -2.09. The zero-order valence-corrected chi connectivity index (χ0v) is 15.8. The number of hydrogen-bond donors (Lipinski definition) is 2. The molecule has 2 aromatic rings. The molecule has 5 nitrogen and oxygen atoms in total. The number of halogens is 2. The van der Waals surface area contributed by atoms with E-state index in [9.17, 15) is 13.2 Å². The van der Waals surface area contributed by atoms with Crippen LogP contribution in [0.2, 0.25) is 5.02 Å². The highest BCUT2D eigenvalue weighted by molar-refractivity contribution is 9.10. The molecule has 8 heteroatoms. The third-order valence-corrected chi connectivity index (χ3v) is 5.57. The fourth-order valence-electron chi connectivity index (χ4n) is 2.00. The lowest BCUT2D eigenvalue weighted by atomic mass is 10.1. The Morgan fingerprint density at radius 2 is 1.79 bits per heavy atom. The zero-order chi connectivity index (χ0) is 17.6. The van der Waals surface area contributed by atoms with Crippen LogP contribution in [-0.4, -0.2) is 27.4 Å². The van der Waals surface area contributed by atoms with E-state index in [2.05, 4.69) is 26.0 Å². The largest absolute Gasteiger partial charge is 0.355 e. The summed E-state index contributed by atoms with van der Waals surface area (Å²) in [4.78, 5) is 11.8. The van der Waals surface area contributed by atoms with Crippen LogP contribution in [0.15, 0.2) is 57.9 Å². The predicted molar refractivity (Wildman–Crippen MR) is 97.5 cm³/mol. The highest BCUT2D eigenvalue weighted by atomic mass is 79.9. The first-order valence-corrected chi connectivity index (χ1v) is 9.79. The minimum Gasteiger partial charge on any atom is -0.355 e. The maximum atomic E-state index is 12.2. The molecule has 24 heavy (non-hydrogen) atoms. The number of sulfonamides is 1. The second-order valence-electron chi connectivity index (χ2n) is 4.98. The Balaban J connectivity index is 1.82. The van der Waals surface area contributed by atoms with E-state index in [1.165, 1.54) is 12.1 Å². The number of carbonyl (C=O) groups excluding carboxylic acids is 1. The van der Waals surface area contributed by atoms with Gasteiger partial charge in [-0.2, -0.15) is 0 Å². The summed E-state index contributed by atoms with van der Waals surface area (Å²) < 4.78 is 27.5. The summed E-state index contributed by atoms with van der Waals surface area (Å²) in [6.07, 6.45) is 0.256. The second-order valence-corrected chi connectivity index (χ2v) is 8.04. The molecule has 2 aromatic carbocycles. The van der Waals surface area contributed by atoms with Crippen molar-refractivity contribution in [2.75, 3.05) is 13.1 Å². The molecule has 0 heterocycles. The summed E-state index contributed by atoms with van der Waals surface area (Å²) >= 11 is 9.17. The molecule has 0 saturated carbocycles. The van der Waals surface area contributed by atoms with Gasteiger partial charge in [-0.05, 0) is 23.8 Å². The zero-order valence-electron chi connectivity index (χ0n) is 12.6. The molecule has 0 aromatic heterocycles. The minimum absolute atomic E-state index is 0.00276. The number of nitrogens with one attached hydrogen (secondary N) is 2. The number of rotatable bonds is 7. The Morgan fingerprint density at radius 1 is 1.08 bits per heavy atom. The lowest BCUT2D eigenvalue weighted by molar-refractivity contribution is -0.120. The molecule has 0 aliphatic heterocycles. The number of hydrogen-bond acceptors (Lipinski definition) is 3. The molecular formula is C16H16BrClN2O3S. The molecule has 1 amide bonds. The topological polar surface area (TPSA) is 75.3 Å². The van der Waals surface area contributed by atoms with Crippen LogP contribution in [0.5, 0.6) is 0 Å². The first-order chi connectivity index (χ1) is 11.4. The van der Waals surface area contributed by atoms with Crippen LogP contribution in [0.3, 0.4) is 0 Å². The van der Waals surface area contributed by atoms with Crippen molar-refractivity contribution in [1.82, 2.24) is 10.0 Å². The van der Waals surface area contributed by atoms with Gasteiger partial charge in [0.05, 0.1) is 11.4 Å². The molecule has 2 N–H and O–H groups in total. The van der Waals surface area contributed by atoms with E-state index < -0.39 is 10.0 Å². The quantitative estimate of drug-likeness (QED) is 0.662. The summed E-state index contributed by atoms with van der Waals surface area (Å²) in [6, 6.07) is 13.8. The van der Waals surface area contributed by atoms with Crippen molar-refractivity contribution in [3.05, 3.63) is 63.6 Å². The van der Waals surface area contributed by atoms with Gasteiger partial charge in [0.2, 0.25) is 15.9 Å². The molecular weight excluding hydrogens is 416 g/mol. The molecule has 0 fully saturated rings. The molecule has 0 aliphatic carbocycles. The van der Waals surface area contributed by atoms with Crippen molar-refractivity contribution in [2.24, 2.45) is 0 Å². The van der Waals surface area contributed by atoms with Gasteiger partial charge in [-0.3, -0.25) is 4.79 Å². The van der Waals surface area contributed by atoms with Gasteiger partial charge in [0.25, 0.3) is 0 Å². The van der Waals surface area contributed by atoms with E-state index in [4.69, 9.17) is 11.6 Å². The third kappa shape index (κ3) is 5.59. The first-order valence-electron chi connectivity index (χ1n) is 7.14. The van der Waals surface area contributed by atoms with Gasteiger partial charge in [0, 0.05) is 17.6 Å². The highest BCUT2D eigenvalue weighted by Gasteiger charge is 2.17. The van der Waals surface area contributed by atoms with Crippen molar-refractivity contribution in [1.29, 1.82) is 0 Å². The van der Waals surface area contributed by atoms with Crippen molar-refractivity contribution < 1.29 is 13.2 Å². The average Bonchev–Trinajstić information content (AvgIpc) is 2.52. The monoisotopic (exact) mass is 430 g/mol. The van der Waals surface area contributed by atoms with Crippen LogP contribution in [0.4, 0.5) is 0 Å². The summed E-state index contributed by atoms with van der Waals surface area (Å²) in [5, 5.41) is 2.80. The van der Waals surface area contributed by atoms with Gasteiger partial charge in [0.1, 0.15) is 4.90 Å². The van der Waals surface area contributed by atoms with Crippen LogP contribution in [-0.2, 0) is 21.2 Å². The van der Waals surface area contributed by atoms with Gasteiger partial charge >= 0.3 is 0 Å². The van der Waals surface area contributed by atoms with Gasteiger partial charge in [0.15, 0.2) is 0 Å². The summed E-state index contributed by atoms with van der Waals surface area (Å²) in [7, 11) is -3.72. The van der Waals surface area contributed by atoms with Crippen molar-refractivity contribution in [3.63, 3.8) is 0 Å². The van der Waals surface area contributed by atoms with Gasteiger partial charge in [-0.15, -0.1) is 0 Å². The van der Waals surface area contributed by atoms with E-state index in [1.54, 1.807) is 6.07 Å². The van der Waals surface area contributed by atoms with Crippen molar-refractivity contribution in [2.45, 2.75) is 11.3 Å². The average molecular weight is 432 g/mol. The third-order valence-electron chi connectivity index (χ3n) is 3.13. The van der Waals surface area contributed by atoms with Crippen LogP contribution in [0.1, 0.15) is 5.56 Å². The number of carbonyl (C=O) groups is 1. The van der Waals surface area contributed by atoms with Gasteiger partial charge in [-0.1, -0.05) is 57.9 Å². The summed E-state index contributed by atoms with van der Waals surface area (Å²) in [5.41, 5.74) is 0.900. The summed E-state index contributed by atoms with van der Waals surface area (Å²) in [6.45, 7) is 0.272. The van der Waals surface area contributed by atoms with Crippen LogP contribution in [0, 0.1) is 0 Å². The van der Waals surface area contributed by atoms with Crippen LogP contribution >= 0.6 is 27.5 Å². The van der Waals surface area contributed by atoms with Crippen molar-refractivity contribution in [3.8, 4) is 0 Å². The molecule has 0 atom stereocenters. The minimum atomic E-state index is -3.72. The smallest absolute Gasteiger partial charge is 0.242 e. The van der Waals surface area contributed by atoms with Gasteiger partial charge < -0.3 is 5.32 Å². The van der Waals surface area contributed by atoms with Crippen LogP contribution in [0.25, 0.3) is 0 Å². The first kappa shape index (κ1) is 18.9. The Kier molecular flexibility index (Phi) is 6.79. The summed E-state index contributed by atoms with van der Waals surface area (Å²) in [5.74, 6) is -0.165. The highest BCUT2D eigenvalue weighted by Crippen LogP contribution is 2.24. The number of amides is 1. The Bertz CT molecular complexity index is 813. The normalized spacial score (nSPS) is 11.2. The van der Waals surface area contributed by atoms with E-state index in [-0.39, 0.29) is 35.3 Å².